The number of guanidine groups is 1. The van der Waals surface area contributed by atoms with Gasteiger partial charge in [0.2, 0.25) is 5.96 Å². The molecule has 0 saturated heterocycles. The van der Waals surface area contributed by atoms with E-state index in [4.69, 9.17) is 11.6 Å². The summed E-state index contributed by atoms with van der Waals surface area (Å²) in [5.41, 5.74) is 7.60. The van der Waals surface area contributed by atoms with Crippen molar-refractivity contribution in [1.82, 2.24) is 10.3 Å². The van der Waals surface area contributed by atoms with Crippen molar-refractivity contribution in [2.24, 2.45) is 16.6 Å². The van der Waals surface area contributed by atoms with Gasteiger partial charge in [0.25, 0.3) is 0 Å². The predicted molar refractivity (Wildman–Crippen MR) is 51.6 cm³/mol. The summed E-state index contributed by atoms with van der Waals surface area (Å²) >= 11 is 0. The van der Waals surface area contributed by atoms with Crippen LogP contribution in [0.5, 0.6) is 0 Å². The Morgan fingerprint density at radius 2 is 2.08 bits per heavy atom. The van der Waals surface area contributed by atoms with Gasteiger partial charge in [-0.05, 0) is 33.5 Å². The molecule has 0 fully saturated rings. The van der Waals surface area contributed by atoms with Crippen molar-refractivity contribution in [2.75, 3.05) is 27.2 Å². The van der Waals surface area contributed by atoms with Crippen molar-refractivity contribution in [2.45, 2.75) is 12.8 Å². The maximum atomic E-state index is 5.32. The molecule has 5 nitrogen and oxygen atoms in total. The second-order valence-corrected chi connectivity index (χ2v) is 2.92. The zero-order valence-corrected chi connectivity index (χ0v) is 7.88. The molecule has 0 heterocycles. The van der Waals surface area contributed by atoms with Gasteiger partial charge in [-0.2, -0.15) is 0 Å². The summed E-state index contributed by atoms with van der Waals surface area (Å²) in [4.78, 5) is 6.13. The van der Waals surface area contributed by atoms with Crippen LogP contribution in [0, 0.1) is 0 Å². The van der Waals surface area contributed by atoms with E-state index in [1.54, 1.807) is 0 Å². The molecule has 5 heteroatoms. The Hall–Kier alpha value is -0.810. The third-order valence-corrected chi connectivity index (χ3v) is 1.44. The standard InChI is InChI=1S/C7H19N5/c1-12(2)6-4-3-5-10-7(8)11-9/h3-6,9H2,1-2H3,(H3,8,10,11). The summed E-state index contributed by atoms with van der Waals surface area (Å²) in [6.45, 7) is 1.83. The van der Waals surface area contributed by atoms with Crippen molar-refractivity contribution in [3.8, 4) is 0 Å². The normalized spacial score (nSPS) is 12.2. The molecule has 0 amide bonds. The van der Waals surface area contributed by atoms with Crippen LogP contribution in [0.15, 0.2) is 4.99 Å². The lowest BCUT2D eigenvalue weighted by atomic mass is 10.3. The lowest BCUT2D eigenvalue weighted by Crippen LogP contribution is -2.37. The van der Waals surface area contributed by atoms with Gasteiger partial charge in [-0.1, -0.05) is 0 Å². The SMILES string of the molecule is CN(C)CCCCN=C(N)NN. The van der Waals surface area contributed by atoms with Crippen LogP contribution in [0.2, 0.25) is 0 Å². The summed E-state index contributed by atoms with van der Waals surface area (Å²) < 4.78 is 0. The molecule has 5 N–H and O–H groups in total. The highest BCUT2D eigenvalue weighted by Gasteiger charge is 1.90. The minimum atomic E-state index is 0.305. The minimum absolute atomic E-state index is 0.305. The fourth-order valence-corrected chi connectivity index (χ4v) is 0.785. The third-order valence-electron chi connectivity index (χ3n) is 1.44. The Morgan fingerprint density at radius 3 is 2.58 bits per heavy atom. The highest BCUT2D eigenvalue weighted by atomic mass is 15.3. The number of nitrogens with zero attached hydrogens (tertiary/aromatic N) is 2. The topological polar surface area (TPSA) is 79.7 Å². The first-order chi connectivity index (χ1) is 5.66. The van der Waals surface area contributed by atoms with Crippen molar-refractivity contribution in [3.63, 3.8) is 0 Å². The number of hydrazine groups is 1. The van der Waals surface area contributed by atoms with Crippen molar-refractivity contribution >= 4 is 5.96 Å². The molecule has 0 atom stereocenters. The van der Waals surface area contributed by atoms with Gasteiger partial charge in [0, 0.05) is 6.54 Å². The lowest BCUT2D eigenvalue weighted by Gasteiger charge is -2.07. The summed E-state index contributed by atoms with van der Waals surface area (Å²) in [5, 5.41) is 0. The molecular formula is C7H19N5. The molecule has 12 heavy (non-hydrogen) atoms. The van der Waals surface area contributed by atoms with Crippen LogP contribution in [-0.2, 0) is 0 Å². The summed E-state index contributed by atoms with van der Waals surface area (Å²) in [7, 11) is 4.11. The van der Waals surface area contributed by atoms with E-state index >= 15 is 0 Å². The first-order valence-electron chi connectivity index (χ1n) is 4.08. The zero-order valence-electron chi connectivity index (χ0n) is 7.88. The molecule has 0 rings (SSSR count). The maximum Gasteiger partial charge on any atom is 0.203 e. The molecule has 0 saturated carbocycles. The Balaban J connectivity index is 3.21. The van der Waals surface area contributed by atoms with Crippen LogP contribution >= 0.6 is 0 Å². The van der Waals surface area contributed by atoms with Crippen LogP contribution in [-0.4, -0.2) is 38.0 Å². The van der Waals surface area contributed by atoms with E-state index in [0.29, 0.717) is 5.96 Å². The van der Waals surface area contributed by atoms with E-state index in [2.05, 4.69) is 29.4 Å². The number of hydrogen-bond donors (Lipinski definition) is 3. The molecule has 0 unspecified atom stereocenters. The summed E-state index contributed by atoms with van der Waals surface area (Å²) in [6.07, 6.45) is 2.18. The van der Waals surface area contributed by atoms with Gasteiger partial charge in [0.15, 0.2) is 0 Å². The maximum absolute atomic E-state index is 5.32. The molecule has 0 bridgehead atoms. The molecule has 0 aromatic rings. The van der Waals surface area contributed by atoms with Crippen LogP contribution in [0.1, 0.15) is 12.8 Å². The highest BCUT2D eigenvalue weighted by molar-refractivity contribution is 5.76. The smallest absolute Gasteiger partial charge is 0.203 e. The van der Waals surface area contributed by atoms with Crippen molar-refractivity contribution in [3.05, 3.63) is 0 Å². The second kappa shape index (κ2) is 6.87. The van der Waals surface area contributed by atoms with Crippen molar-refractivity contribution in [1.29, 1.82) is 0 Å². The number of nitrogens with two attached hydrogens (primary N) is 2. The molecule has 0 aromatic heterocycles. The average Bonchev–Trinajstić information content (AvgIpc) is 2.03. The third kappa shape index (κ3) is 7.30. The molecule has 0 aliphatic rings. The van der Waals surface area contributed by atoms with Crippen LogP contribution in [0.25, 0.3) is 0 Å². The Morgan fingerprint density at radius 1 is 1.42 bits per heavy atom. The molecule has 0 spiro atoms. The van der Waals surface area contributed by atoms with Crippen LogP contribution in [0.4, 0.5) is 0 Å². The van der Waals surface area contributed by atoms with Gasteiger partial charge in [-0.3, -0.25) is 10.4 Å². The molecule has 0 aromatic carbocycles. The Kier molecular flexibility index (Phi) is 6.41. The molecular weight excluding hydrogens is 154 g/mol. The summed E-state index contributed by atoms with van der Waals surface area (Å²) in [6, 6.07) is 0. The van der Waals surface area contributed by atoms with Crippen molar-refractivity contribution < 1.29 is 0 Å². The van der Waals surface area contributed by atoms with Gasteiger partial charge >= 0.3 is 0 Å². The molecule has 0 radical (unpaired) electrons. The van der Waals surface area contributed by atoms with E-state index in [1.807, 2.05) is 0 Å². The number of nitrogens with one attached hydrogen (secondary N) is 1. The first-order valence-corrected chi connectivity index (χ1v) is 4.08. The monoisotopic (exact) mass is 173 g/mol. The molecule has 0 aliphatic carbocycles. The first kappa shape index (κ1) is 11.2. The molecule has 0 aliphatic heterocycles. The van der Waals surface area contributed by atoms with Gasteiger partial charge in [0.05, 0.1) is 0 Å². The Bertz CT molecular complexity index is 132. The van der Waals surface area contributed by atoms with E-state index < -0.39 is 0 Å². The number of rotatable bonds is 5. The number of hydrogen-bond acceptors (Lipinski definition) is 3. The van der Waals surface area contributed by atoms with Crippen LogP contribution in [0.3, 0.4) is 0 Å². The van der Waals surface area contributed by atoms with Crippen LogP contribution < -0.4 is 17.0 Å². The second-order valence-electron chi connectivity index (χ2n) is 2.92. The van der Waals surface area contributed by atoms with E-state index in [0.717, 1.165) is 25.9 Å². The quantitative estimate of drug-likeness (QED) is 0.166. The van der Waals surface area contributed by atoms with E-state index in [1.165, 1.54) is 0 Å². The predicted octanol–water partition coefficient (Wildman–Crippen LogP) is -0.894. The fraction of sp³-hybridized carbons (Fsp3) is 0.857. The van der Waals surface area contributed by atoms with Gasteiger partial charge in [-0.25, -0.2) is 5.84 Å². The number of aliphatic imine (C=N–C) groups is 1. The Labute approximate surface area is 73.8 Å². The van der Waals surface area contributed by atoms with Gasteiger partial charge in [0.1, 0.15) is 0 Å². The minimum Gasteiger partial charge on any atom is -0.369 e. The van der Waals surface area contributed by atoms with E-state index in [-0.39, 0.29) is 0 Å². The fourth-order valence-electron chi connectivity index (χ4n) is 0.785. The lowest BCUT2D eigenvalue weighted by molar-refractivity contribution is 0.396. The highest BCUT2D eigenvalue weighted by Crippen LogP contribution is 1.90. The number of unbranched alkanes of at least 4 members (excludes halogenated alkanes) is 1. The van der Waals surface area contributed by atoms with Gasteiger partial charge < -0.3 is 10.6 Å². The van der Waals surface area contributed by atoms with E-state index in [9.17, 15) is 0 Å². The van der Waals surface area contributed by atoms with Gasteiger partial charge in [-0.15, -0.1) is 0 Å². The largest absolute Gasteiger partial charge is 0.369 e. The zero-order chi connectivity index (χ0) is 9.40. The summed E-state index contributed by atoms with van der Waals surface area (Å²) in [5.74, 6) is 5.33. The average molecular weight is 173 g/mol. The molecule has 72 valence electrons.